The van der Waals surface area contributed by atoms with Crippen molar-refractivity contribution in [3.63, 3.8) is 0 Å². The summed E-state index contributed by atoms with van der Waals surface area (Å²) in [5.74, 6) is 0.496. The average Bonchev–Trinajstić information content (AvgIpc) is 2.07. The number of thioether (sulfide) groups is 1. The highest BCUT2D eigenvalue weighted by molar-refractivity contribution is 7.97. The van der Waals surface area contributed by atoms with Crippen molar-refractivity contribution in [1.82, 2.24) is 0 Å². The molecule has 1 aromatic carbocycles. The zero-order chi connectivity index (χ0) is 10.8. The highest BCUT2D eigenvalue weighted by Crippen LogP contribution is 2.35. The van der Waals surface area contributed by atoms with Crippen LogP contribution in [0, 0.1) is 0 Å². The Balaban J connectivity index is 3.14. The van der Waals surface area contributed by atoms with E-state index in [1.54, 1.807) is 6.07 Å². The highest BCUT2D eigenvalue weighted by Gasteiger charge is 2.33. The van der Waals surface area contributed by atoms with Crippen molar-refractivity contribution in [2.75, 3.05) is 12.0 Å². The Kier molecular flexibility index (Phi) is 3.31. The van der Waals surface area contributed by atoms with Gasteiger partial charge in [0, 0.05) is 11.4 Å². The summed E-state index contributed by atoms with van der Waals surface area (Å²) in [7, 11) is 0. The molecule has 2 N–H and O–H groups in total. The monoisotopic (exact) mass is 221 g/mol. The molecule has 0 radical (unpaired) electrons. The fraction of sp³-hybridized carbons (Fsp3) is 0.333. The van der Waals surface area contributed by atoms with E-state index >= 15 is 0 Å². The molecule has 0 bridgehead atoms. The molecule has 1 nitrogen and oxygen atoms in total. The van der Waals surface area contributed by atoms with Crippen LogP contribution in [-0.2, 0) is 11.9 Å². The van der Waals surface area contributed by atoms with Crippen molar-refractivity contribution >= 4 is 17.4 Å². The SMILES string of the molecule is CSCc1cccc(C(F)(F)F)c1N. The number of alkyl halides is 3. The van der Waals surface area contributed by atoms with Crippen molar-refractivity contribution in [3.05, 3.63) is 29.3 Å². The van der Waals surface area contributed by atoms with Crippen LogP contribution in [0.5, 0.6) is 0 Å². The molecule has 5 heteroatoms. The standard InChI is InChI=1S/C9H10F3NS/c1-14-5-6-3-2-4-7(8(6)13)9(10,11)12/h2-4H,5,13H2,1H3. The second kappa shape index (κ2) is 4.13. The Labute approximate surface area is 84.5 Å². The van der Waals surface area contributed by atoms with Gasteiger partial charge in [-0.1, -0.05) is 12.1 Å². The molecule has 0 atom stereocenters. The molecule has 0 unspecified atom stereocenters. The van der Waals surface area contributed by atoms with Gasteiger partial charge in [0.1, 0.15) is 0 Å². The fourth-order valence-electron chi connectivity index (χ4n) is 1.14. The Morgan fingerprint density at radius 1 is 1.36 bits per heavy atom. The molecule has 0 fully saturated rings. The molecule has 0 saturated heterocycles. The first kappa shape index (κ1) is 11.2. The molecule has 1 rings (SSSR count). The second-order valence-electron chi connectivity index (χ2n) is 2.81. The molecular formula is C9H10F3NS. The van der Waals surface area contributed by atoms with Gasteiger partial charge in [-0.15, -0.1) is 0 Å². The summed E-state index contributed by atoms with van der Waals surface area (Å²) in [6.07, 6.45) is -2.54. The van der Waals surface area contributed by atoms with Crippen LogP contribution in [0.3, 0.4) is 0 Å². The zero-order valence-corrected chi connectivity index (χ0v) is 8.38. The molecular weight excluding hydrogens is 211 g/mol. The Morgan fingerprint density at radius 3 is 2.50 bits per heavy atom. The molecule has 78 valence electrons. The van der Waals surface area contributed by atoms with Crippen LogP contribution in [0.4, 0.5) is 18.9 Å². The van der Waals surface area contributed by atoms with E-state index in [9.17, 15) is 13.2 Å². The van der Waals surface area contributed by atoms with Crippen molar-refractivity contribution in [2.24, 2.45) is 0 Å². The minimum absolute atomic E-state index is 0.158. The highest BCUT2D eigenvalue weighted by atomic mass is 32.2. The lowest BCUT2D eigenvalue weighted by atomic mass is 10.1. The number of rotatable bonds is 2. The molecule has 1 aromatic rings. The van der Waals surface area contributed by atoms with Crippen LogP contribution in [0.1, 0.15) is 11.1 Å². The van der Waals surface area contributed by atoms with Crippen LogP contribution < -0.4 is 5.73 Å². The predicted molar refractivity (Wildman–Crippen MR) is 53.1 cm³/mol. The van der Waals surface area contributed by atoms with Gasteiger partial charge in [-0.25, -0.2) is 0 Å². The van der Waals surface area contributed by atoms with Gasteiger partial charge in [-0.3, -0.25) is 0 Å². The normalized spacial score (nSPS) is 11.7. The van der Waals surface area contributed by atoms with E-state index in [4.69, 9.17) is 5.73 Å². The number of benzene rings is 1. The van der Waals surface area contributed by atoms with E-state index in [1.807, 2.05) is 6.26 Å². The lowest BCUT2D eigenvalue weighted by Crippen LogP contribution is -2.10. The van der Waals surface area contributed by atoms with E-state index in [1.165, 1.54) is 17.8 Å². The number of nitrogens with two attached hydrogens (primary N) is 1. The maximum atomic E-state index is 12.4. The number of hydrogen-bond acceptors (Lipinski definition) is 2. The van der Waals surface area contributed by atoms with Crippen molar-refractivity contribution in [1.29, 1.82) is 0 Å². The predicted octanol–water partition coefficient (Wildman–Crippen LogP) is 3.15. The molecule has 0 spiro atoms. The van der Waals surface area contributed by atoms with Gasteiger partial charge >= 0.3 is 6.18 Å². The third kappa shape index (κ3) is 2.35. The molecule has 0 saturated carbocycles. The fourth-order valence-corrected chi connectivity index (χ4v) is 1.70. The van der Waals surface area contributed by atoms with E-state index in [0.29, 0.717) is 11.3 Å². The molecule has 0 amide bonds. The molecule has 0 aliphatic rings. The number of halogens is 3. The molecule has 0 aliphatic heterocycles. The largest absolute Gasteiger partial charge is 0.418 e. The minimum Gasteiger partial charge on any atom is -0.398 e. The van der Waals surface area contributed by atoms with E-state index in [0.717, 1.165) is 6.07 Å². The average molecular weight is 221 g/mol. The summed E-state index contributed by atoms with van der Waals surface area (Å²) in [5, 5.41) is 0. The van der Waals surface area contributed by atoms with Crippen LogP contribution in [0.15, 0.2) is 18.2 Å². The Bertz CT molecular complexity index is 322. The molecule has 0 aromatic heterocycles. The summed E-state index contributed by atoms with van der Waals surface area (Å²) in [5.41, 5.74) is 5.05. The third-order valence-electron chi connectivity index (χ3n) is 1.80. The number of nitrogen functional groups attached to an aromatic ring is 1. The van der Waals surface area contributed by atoms with Gasteiger partial charge in [0.25, 0.3) is 0 Å². The van der Waals surface area contributed by atoms with Gasteiger partial charge < -0.3 is 5.73 Å². The van der Waals surface area contributed by atoms with Crippen LogP contribution >= 0.6 is 11.8 Å². The molecule has 14 heavy (non-hydrogen) atoms. The van der Waals surface area contributed by atoms with Crippen LogP contribution in [0.25, 0.3) is 0 Å². The van der Waals surface area contributed by atoms with E-state index in [2.05, 4.69) is 0 Å². The van der Waals surface area contributed by atoms with Crippen molar-refractivity contribution in [3.8, 4) is 0 Å². The smallest absolute Gasteiger partial charge is 0.398 e. The maximum Gasteiger partial charge on any atom is 0.418 e. The van der Waals surface area contributed by atoms with E-state index < -0.39 is 11.7 Å². The molecule has 0 heterocycles. The van der Waals surface area contributed by atoms with Crippen LogP contribution in [-0.4, -0.2) is 6.26 Å². The second-order valence-corrected chi connectivity index (χ2v) is 3.68. The van der Waals surface area contributed by atoms with Crippen LogP contribution in [0.2, 0.25) is 0 Å². The van der Waals surface area contributed by atoms with Gasteiger partial charge in [0.2, 0.25) is 0 Å². The summed E-state index contributed by atoms with van der Waals surface area (Å²) in [6.45, 7) is 0. The third-order valence-corrected chi connectivity index (χ3v) is 2.40. The first-order valence-corrected chi connectivity index (χ1v) is 5.29. The summed E-state index contributed by atoms with van der Waals surface area (Å²) < 4.78 is 37.1. The Hall–Kier alpha value is -0.840. The maximum absolute atomic E-state index is 12.4. The van der Waals surface area contributed by atoms with Gasteiger partial charge in [-0.2, -0.15) is 24.9 Å². The summed E-state index contributed by atoms with van der Waals surface area (Å²) >= 11 is 1.44. The minimum atomic E-state index is -4.36. The zero-order valence-electron chi connectivity index (χ0n) is 7.56. The van der Waals surface area contributed by atoms with Crippen molar-refractivity contribution in [2.45, 2.75) is 11.9 Å². The first-order valence-electron chi connectivity index (χ1n) is 3.90. The first-order chi connectivity index (χ1) is 6.46. The number of anilines is 1. The molecule has 0 aliphatic carbocycles. The topological polar surface area (TPSA) is 26.0 Å². The number of hydrogen-bond donors (Lipinski definition) is 1. The summed E-state index contributed by atoms with van der Waals surface area (Å²) in [4.78, 5) is 0. The van der Waals surface area contributed by atoms with Gasteiger partial charge in [-0.05, 0) is 17.9 Å². The van der Waals surface area contributed by atoms with Gasteiger partial charge in [0.15, 0.2) is 0 Å². The lowest BCUT2D eigenvalue weighted by Gasteiger charge is -2.12. The van der Waals surface area contributed by atoms with E-state index in [-0.39, 0.29) is 5.69 Å². The van der Waals surface area contributed by atoms with Crippen molar-refractivity contribution < 1.29 is 13.2 Å². The quantitative estimate of drug-likeness (QED) is 0.776. The Morgan fingerprint density at radius 2 is 2.00 bits per heavy atom. The summed E-state index contributed by atoms with van der Waals surface area (Å²) in [6, 6.07) is 3.99. The lowest BCUT2D eigenvalue weighted by molar-refractivity contribution is -0.136. The van der Waals surface area contributed by atoms with Gasteiger partial charge in [0.05, 0.1) is 5.56 Å². The number of para-hydroxylation sites is 1.